The molecule has 0 saturated carbocycles. The second-order valence-electron chi connectivity index (χ2n) is 7.15. The minimum absolute atomic E-state index is 0.0138. The highest BCUT2D eigenvalue weighted by Gasteiger charge is 2.23. The van der Waals surface area contributed by atoms with E-state index in [0.29, 0.717) is 5.82 Å². The second kappa shape index (κ2) is 7.44. The van der Waals surface area contributed by atoms with Crippen molar-refractivity contribution in [3.8, 4) is 11.1 Å². The Morgan fingerprint density at radius 2 is 1.89 bits per heavy atom. The van der Waals surface area contributed by atoms with Crippen LogP contribution in [-0.4, -0.2) is 49.7 Å². The van der Waals surface area contributed by atoms with Gasteiger partial charge < -0.3 is 5.32 Å². The second-order valence-corrected chi connectivity index (χ2v) is 7.15. The molecule has 1 atom stereocenters. The summed E-state index contributed by atoms with van der Waals surface area (Å²) in [5, 5.41) is 8.10. The van der Waals surface area contributed by atoms with Crippen LogP contribution >= 0.6 is 0 Å². The molecular weight excluding hydrogens is 340 g/mol. The van der Waals surface area contributed by atoms with E-state index in [1.165, 1.54) is 6.42 Å². The number of hydrogen-bond acceptors (Lipinski definition) is 5. The van der Waals surface area contributed by atoms with Crippen LogP contribution in [0.15, 0.2) is 36.9 Å². The van der Waals surface area contributed by atoms with Gasteiger partial charge in [-0.1, -0.05) is 6.42 Å². The SMILES string of the molecule is CC(C(=O)Nc1cc2cc(-c3cnn(C)c3)cnc2cn1)N1CCCCC1. The first-order valence-corrected chi connectivity index (χ1v) is 9.40. The molecule has 0 spiro atoms. The molecule has 4 heterocycles. The Labute approximate surface area is 158 Å². The first kappa shape index (κ1) is 17.6. The minimum Gasteiger partial charge on any atom is -0.309 e. The molecule has 1 aliphatic rings. The van der Waals surface area contributed by atoms with Crippen LogP contribution in [0.2, 0.25) is 0 Å². The van der Waals surface area contributed by atoms with E-state index in [2.05, 4.69) is 25.3 Å². The molecule has 1 amide bonds. The first-order chi connectivity index (χ1) is 13.1. The summed E-state index contributed by atoms with van der Waals surface area (Å²) in [7, 11) is 1.89. The Morgan fingerprint density at radius 3 is 2.63 bits per heavy atom. The molecule has 3 aromatic heterocycles. The lowest BCUT2D eigenvalue weighted by atomic mass is 10.1. The van der Waals surface area contributed by atoms with Gasteiger partial charge in [0.05, 0.1) is 24.0 Å². The molecule has 0 radical (unpaired) electrons. The predicted molar refractivity (Wildman–Crippen MR) is 105 cm³/mol. The Balaban J connectivity index is 1.54. The highest BCUT2D eigenvalue weighted by molar-refractivity contribution is 5.95. The zero-order chi connectivity index (χ0) is 18.8. The fourth-order valence-electron chi connectivity index (χ4n) is 3.53. The highest BCUT2D eigenvalue weighted by atomic mass is 16.2. The standard InChI is InChI=1S/C20H24N6O/c1-14(26-6-4-3-5-7-26)20(27)24-19-9-15-8-16(10-21-18(15)12-22-19)17-11-23-25(2)13-17/h8-14H,3-7H2,1-2H3,(H,22,24,27). The van der Waals surface area contributed by atoms with Crippen LogP contribution < -0.4 is 5.32 Å². The molecule has 4 rings (SSSR count). The third-order valence-corrected chi connectivity index (χ3v) is 5.17. The predicted octanol–water partition coefficient (Wildman–Crippen LogP) is 2.84. The molecule has 0 aliphatic carbocycles. The monoisotopic (exact) mass is 364 g/mol. The van der Waals surface area contributed by atoms with Gasteiger partial charge in [0.15, 0.2) is 0 Å². The van der Waals surface area contributed by atoms with Crippen molar-refractivity contribution in [2.45, 2.75) is 32.2 Å². The lowest BCUT2D eigenvalue weighted by molar-refractivity contribution is -0.121. The summed E-state index contributed by atoms with van der Waals surface area (Å²) in [6.45, 7) is 3.93. The number of pyridine rings is 2. The molecule has 1 fully saturated rings. The summed E-state index contributed by atoms with van der Waals surface area (Å²) in [6.07, 6.45) is 10.9. The number of carbonyl (C=O) groups excluding carboxylic acids is 1. The number of nitrogens with one attached hydrogen (secondary N) is 1. The molecule has 1 saturated heterocycles. The van der Waals surface area contributed by atoms with Crippen LogP contribution in [0.25, 0.3) is 22.0 Å². The number of anilines is 1. The van der Waals surface area contributed by atoms with Crippen molar-refractivity contribution >= 4 is 22.6 Å². The number of hydrogen-bond donors (Lipinski definition) is 1. The number of carbonyl (C=O) groups is 1. The summed E-state index contributed by atoms with van der Waals surface area (Å²) >= 11 is 0. The highest BCUT2D eigenvalue weighted by Crippen LogP contribution is 2.23. The average molecular weight is 364 g/mol. The Morgan fingerprint density at radius 1 is 1.07 bits per heavy atom. The van der Waals surface area contributed by atoms with Crippen LogP contribution in [0.1, 0.15) is 26.2 Å². The summed E-state index contributed by atoms with van der Waals surface area (Å²) in [6, 6.07) is 3.77. The Bertz CT molecular complexity index is 960. The van der Waals surface area contributed by atoms with Gasteiger partial charge in [-0.15, -0.1) is 0 Å². The average Bonchev–Trinajstić information content (AvgIpc) is 3.14. The van der Waals surface area contributed by atoms with E-state index < -0.39 is 0 Å². The fraction of sp³-hybridized carbons (Fsp3) is 0.400. The summed E-state index contributed by atoms with van der Waals surface area (Å²) in [4.78, 5) is 23.7. The van der Waals surface area contributed by atoms with Gasteiger partial charge in [-0.05, 0) is 45.0 Å². The lowest BCUT2D eigenvalue weighted by Crippen LogP contribution is -2.44. The van der Waals surface area contributed by atoms with E-state index in [1.807, 2.05) is 44.7 Å². The maximum Gasteiger partial charge on any atom is 0.242 e. The van der Waals surface area contributed by atoms with Crippen molar-refractivity contribution in [1.82, 2.24) is 24.6 Å². The Kier molecular flexibility index (Phi) is 4.85. The van der Waals surface area contributed by atoms with E-state index in [0.717, 1.165) is 48.0 Å². The number of likely N-dealkylation sites (tertiary alicyclic amines) is 1. The normalized spacial score (nSPS) is 16.4. The van der Waals surface area contributed by atoms with Gasteiger partial charge in [-0.25, -0.2) is 4.98 Å². The third-order valence-electron chi connectivity index (χ3n) is 5.17. The van der Waals surface area contributed by atoms with Crippen molar-refractivity contribution in [2.24, 2.45) is 7.05 Å². The van der Waals surface area contributed by atoms with Crippen molar-refractivity contribution in [2.75, 3.05) is 18.4 Å². The Hall–Kier alpha value is -2.80. The first-order valence-electron chi connectivity index (χ1n) is 9.40. The largest absolute Gasteiger partial charge is 0.309 e. The molecule has 3 aromatic rings. The van der Waals surface area contributed by atoms with Gasteiger partial charge in [0.1, 0.15) is 5.82 Å². The molecule has 0 bridgehead atoms. The van der Waals surface area contributed by atoms with E-state index >= 15 is 0 Å². The van der Waals surface area contributed by atoms with E-state index in [9.17, 15) is 4.79 Å². The molecule has 27 heavy (non-hydrogen) atoms. The number of aromatic nitrogens is 4. The number of nitrogens with zero attached hydrogens (tertiary/aromatic N) is 5. The van der Waals surface area contributed by atoms with Gasteiger partial charge in [-0.2, -0.15) is 5.10 Å². The van der Waals surface area contributed by atoms with Crippen molar-refractivity contribution < 1.29 is 4.79 Å². The number of aryl methyl sites for hydroxylation is 1. The van der Waals surface area contributed by atoms with Crippen molar-refractivity contribution in [3.05, 3.63) is 36.9 Å². The fourth-order valence-corrected chi connectivity index (χ4v) is 3.53. The van der Waals surface area contributed by atoms with E-state index in [-0.39, 0.29) is 11.9 Å². The number of piperidine rings is 1. The van der Waals surface area contributed by atoms with Gasteiger partial charge in [0.2, 0.25) is 5.91 Å². The molecule has 1 unspecified atom stereocenters. The molecule has 1 N–H and O–H groups in total. The van der Waals surface area contributed by atoms with Crippen LogP contribution in [0.4, 0.5) is 5.82 Å². The summed E-state index contributed by atoms with van der Waals surface area (Å²) in [5.41, 5.74) is 2.79. The number of rotatable bonds is 4. The smallest absolute Gasteiger partial charge is 0.242 e. The molecule has 0 aromatic carbocycles. The van der Waals surface area contributed by atoms with Crippen LogP contribution in [-0.2, 0) is 11.8 Å². The van der Waals surface area contributed by atoms with Crippen molar-refractivity contribution in [3.63, 3.8) is 0 Å². The summed E-state index contributed by atoms with van der Waals surface area (Å²) in [5.74, 6) is 0.543. The van der Waals surface area contributed by atoms with Crippen LogP contribution in [0, 0.1) is 0 Å². The molecule has 7 heteroatoms. The molecule has 140 valence electrons. The van der Waals surface area contributed by atoms with E-state index in [1.54, 1.807) is 10.9 Å². The molecule has 7 nitrogen and oxygen atoms in total. The lowest BCUT2D eigenvalue weighted by Gasteiger charge is -2.31. The third kappa shape index (κ3) is 3.83. The topological polar surface area (TPSA) is 75.9 Å². The minimum atomic E-state index is -0.150. The van der Waals surface area contributed by atoms with Gasteiger partial charge in [-0.3, -0.25) is 19.4 Å². The van der Waals surface area contributed by atoms with Crippen molar-refractivity contribution in [1.29, 1.82) is 0 Å². The number of amides is 1. The van der Waals surface area contributed by atoms with Crippen LogP contribution in [0.3, 0.4) is 0 Å². The zero-order valence-electron chi connectivity index (χ0n) is 15.7. The van der Waals surface area contributed by atoms with Crippen LogP contribution in [0.5, 0.6) is 0 Å². The summed E-state index contributed by atoms with van der Waals surface area (Å²) < 4.78 is 1.76. The maximum atomic E-state index is 12.6. The molecular formula is C20H24N6O. The number of fused-ring (bicyclic) bond motifs is 1. The van der Waals surface area contributed by atoms with E-state index in [4.69, 9.17) is 0 Å². The van der Waals surface area contributed by atoms with Gasteiger partial charge in [0, 0.05) is 36.0 Å². The van der Waals surface area contributed by atoms with Gasteiger partial charge >= 0.3 is 0 Å². The maximum absolute atomic E-state index is 12.6. The quantitative estimate of drug-likeness (QED) is 0.770. The van der Waals surface area contributed by atoms with Gasteiger partial charge in [0.25, 0.3) is 0 Å². The molecule has 1 aliphatic heterocycles. The zero-order valence-corrected chi connectivity index (χ0v) is 15.7.